The van der Waals surface area contributed by atoms with Crippen LogP contribution < -0.4 is 5.32 Å². The molecule has 21 heavy (non-hydrogen) atoms. The quantitative estimate of drug-likeness (QED) is 0.732. The van der Waals surface area contributed by atoms with Crippen molar-refractivity contribution in [3.63, 3.8) is 0 Å². The third kappa shape index (κ3) is 3.98. The lowest BCUT2D eigenvalue weighted by molar-refractivity contribution is -0.143. The highest BCUT2D eigenvalue weighted by molar-refractivity contribution is 5.75. The van der Waals surface area contributed by atoms with E-state index in [0.29, 0.717) is 6.04 Å². The molecule has 3 aliphatic rings. The van der Waals surface area contributed by atoms with Crippen LogP contribution in [-0.4, -0.2) is 49.2 Å². The lowest BCUT2D eigenvalue weighted by Crippen LogP contribution is -2.43. The first kappa shape index (κ1) is 15.3. The Hall–Kier alpha value is -0.610. The summed E-state index contributed by atoms with van der Waals surface area (Å²) in [5, 5.41) is 3.45. The monoisotopic (exact) mass is 294 g/mol. The number of nitrogens with zero attached hydrogens (tertiary/aromatic N) is 1. The third-order valence-corrected chi connectivity index (χ3v) is 5.56. The molecule has 0 aromatic rings. The largest absolute Gasteiger partial charge is 0.468 e. The molecule has 0 aromatic carbocycles. The standard InChI is InChI=1S/C17H30N2O2/c1-21-17(20)15(18-14-8-9-14)10-12-19-11-4-7-16(19)13-5-2-3-6-13/h13-16,18H,2-12H2,1H3. The minimum Gasteiger partial charge on any atom is -0.468 e. The van der Waals surface area contributed by atoms with Crippen LogP contribution >= 0.6 is 0 Å². The maximum Gasteiger partial charge on any atom is 0.322 e. The van der Waals surface area contributed by atoms with Crippen molar-refractivity contribution < 1.29 is 9.53 Å². The number of rotatable bonds is 7. The molecular weight excluding hydrogens is 264 g/mol. The summed E-state index contributed by atoms with van der Waals surface area (Å²) in [7, 11) is 1.50. The predicted molar refractivity (Wildman–Crippen MR) is 83.1 cm³/mol. The van der Waals surface area contributed by atoms with E-state index in [2.05, 4.69) is 10.2 Å². The van der Waals surface area contributed by atoms with Crippen molar-refractivity contribution >= 4 is 5.97 Å². The molecule has 3 rings (SSSR count). The molecule has 2 aliphatic carbocycles. The van der Waals surface area contributed by atoms with Gasteiger partial charge in [-0.3, -0.25) is 4.79 Å². The first-order valence-corrected chi connectivity index (χ1v) is 8.86. The SMILES string of the molecule is COC(=O)C(CCN1CCCC1C1CCCC1)NC1CC1. The molecule has 4 nitrogen and oxygen atoms in total. The third-order valence-electron chi connectivity index (χ3n) is 5.56. The highest BCUT2D eigenvalue weighted by Gasteiger charge is 2.34. The van der Waals surface area contributed by atoms with Crippen LogP contribution in [0.2, 0.25) is 0 Å². The fourth-order valence-electron chi connectivity index (χ4n) is 4.25. The second-order valence-corrected chi connectivity index (χ2v) is 7.10. The Balaban J connectivity index is 1.50. The van der Waals surface area contributed by atoms with E-state index in [1.165, 1.54) is 65.0 Å². The smallest absolute Gasteiger partial charge is 0.322 e. The van der Waals surface area contributed by atoms with Gasteiger partial charge in [0.2, 0.25) is 0 Å². The molecule has 1 saturated heterocycles. The van der Waals surface area contributed by atoms with E-state index in [0.717, 1.165) is 24.9 Å². The van der Waals surface area contributed by atoms with Gasteiger partial charge in [0.15, 0.2) is 0 Å². The van der Waals surface area contributed by atoms with E-state index in [9.17, 15) is 4.79 Å². The minimum atomic E-state index is -0.104. The highest BCUT2D eigenvalue weighted by Crippen LogP contribution is 2.35. The van der Waals surface area contributed by atoms with E-state index in [4.69, 9.17) is 4.74 Å². The molecule has 1 N–H and O–H groups in total. The van der Waals surface area contributed by atoms with E-state index in [-0.39, 0.29) is 12.0 Å². The zero-order valence-corrected chi connectivity index (χ0v) is 13.4. The summed E-state index contributed by atoms with van der Waals surface area (Å²) in [5.74, 6) is 0.832. The number of hydrogen-bond acceptors (Lipinski definition) is 4. The second kappa shape index (κ2) is 7.10. The molecule has 2 atom stereocenters. The number of ether oxygens (including phenoxy) is 1. The van der Waals surface area contributed by atoms with Gasteiger partial charge in [0.05, 0.1) is 7.11 Å². The molecule has 0 radical (unpaired) electrons. The molecule has 0 spiro atoms. The van der Waals surface area contributed by atoms with Crippen LogP contribution in [-0.2, 0) is 9.53 Å². The van der Waals surface area contributed by atoms with Gasteiger partial charge in [0.1, 0.15) is 6.04 Å². The van der Waals surface area contributed by atoms with Crippen molar-refractivity contribution in [2.24, 2.45) is 5.92 Å². The molecule has 0 aromatic heterocycles. The Kier molecular flexibility index (Phi) is 5.17. The highest BCUT2D eigenvalue weighted by atomic mass is 16.5. The van der Waals surface area contributed by atoms with Crippen molar-refractivity contribution in [2.45, 2.75) is 75.9 Å². The van der Waals surface area contributed by atoms with Crippen LogP contribution in [0, 0.1) is 5.92 Å². The molecule has 2 saturated carbocycles. The average Bonchev–Trinajstić information content (AvgIpc) is 2.98. The Morgan fingerprint density at radius 3 is 2.62 bits per heavy atom. The first-order valence-electron chi connectivity index (χ1n) is 8.86. The second-order valence-electron chi connectivity index (χ2n) is 7.10. The van der Waals surface area contributed by atoms with Gasteiger partial charge in [-0.15, -0.1) is 0 Å². The fourth-order valence-corrected chi connectivity index (χ4v) is 4.25. The zero-order valence-electron chi connectivity index (χ0n) is 13.4. The zero-order chi connectivity index (χ0) is 14.7. The summed E-state index contributed by atoms with van der Waals surface area (Å²) in [6.07, 6.45) is 11.7. The maximum atomic E-state index is 11.9. The van der Waals surface area contributed by atoms with Crippen molar-refractivity contribution in [1.29, 1.82) is 0 Å². The van der Waals surface area contributed by atoms with Crippen LogP contribution in [0.4, 0.5) is 0 Å². The van der Waals surface area contributed by atoms with Gasteiger partial charge < -0.3 is 15.0 Å². The molecule has 1 heterocycles. The van der Waals surface area contributed by atoms with Crippen molar-refractivity contribution in [2.75, 3.05) is 20.2 Å². The van der Waals surface area contributed by atoms with Crippen LogP contribution in [0.1, 0.15) is 57.8 Å². The molecule has 120 valence electrons. The van der Waals surface area contributed by atoms with Crippen LogP contribution in [0.5, 0.6) is 0 Å². The lowest BCUT2D eigenvalue weighted by Gasteiger charge is -2.30. The average molecular weight is 294 g/mol. The first-order chi connectivity index (χ1) is 10.3. The number of hydrogen-bond donors (Lipinski definition) is 1. The van der Waals surface area contributed by atoms with Crippen LogP contribution in [0.25, 0.3) is 0 Å². The van der Waals surface area contributed by atoms with Gasteiger partial charge in [-0.2, -0.15) is 0 Å². The maximum absolute atomic E-state index is 11.9. The number of carbonyl (C=O) groups excluding carboxylic acids is 1. The molecule has 1 aliphatic heterocycles. The van der Waals surface area contributed by atoms with Crippen LogP contribution in [0.3, 0.4) is 0 Å². The van der Waals surface area contributed by atoms with Gasteiger partial charge in [-0.05, 0) is 57.4 Å². The van der Waals surface area contributed by atoms with E-state index >= 15 is 0 Å². The number of likely N-dealkylation sites (tertiary alicyclic amines) is 1. The van der Waals surface area contributed by atoms with Crippen molar-refractivity contribution in [3.05, 3.63) is 0 Å². The van der Waals surface area contributed by atoms with Crippen LogP contribution in [0.15, 0.2) is 0 Å². The van der Waals surface area contributed by atoms with Gasteiger partial charge in [0.25, 0.3) is 0 Å². The molecule has 3 fully saturated rings. The summed E-state index contributed by atoms with van der Waals surface area (Å²) in [5.41, 5.74) is 0. The fraction of sp³-hybridized carbons (Fsp3) is 0.941. The van der Waals surface area contributed by atoms with E-state index in [1.807, 2.05) is 0 Å². The topological polar surface area (TPSA) is 41.6 Å². The van der Waals surface area contributed by atoms with Crippen molar-refractivity contribution in [3.8, 4) is 0 Å². The molecule has 0 bridgehead atoms. The normalized spacial score (nSPS) is 28.9. The van der Waals surface area contributed by atoms with E-state index < -0.39 is 0 Å². The van der Waals surface area contributed by atoms with Gasteiger partial charge in [-0.1, -0.05) is 12.8 Å². The van der Waals surface area contributed by atoms with Gasteiger partial charge in [0, 0.05) is 18.6 Å². The Bertz CT molecular complexity index is 351. The Labute approximate surface area is 128 Å². The molecule has 2 unspecified atom stereocenters. The Morgan fingerprint density at radius 2 is 1.95 bits per heavy atom. The van der Waals surface area contributed by atoms with Gasteiger partial charge >= 0.3 is 5.97 Å². The summed E-state index contributed by atoms with van der Waals surface area (Å²) in [4.78, 5) is 14.6. The summed E-state index contributed by atoms with van der Waals surface area (Å²) >= 11 is 0. The number of nitrogens with one attached hydrogen (secondary N) is 1. The number of methoxy groups -OCH3 is 1. The Morgan fingerprint density at radius 1 is 1.19 bits per heavy atom. The van der Waals surface area contributed by atoms with E-state index in [1.54, 1.807) is 0 Å². The minimum absolute atomic E-state index is 0.0847. The van der Waals surface area contributed by atoms with Crippen molar-refractivity contribution in [1.82, 2.24) is 10.2 Å². The molecular formula is C17H30N2O2. The number of carbonyl (C=O) groups is 1. The number of esters is 1. The summed E-state index contributed by atoms with van der Waals surface area (Å²) in [6.45, 7) is 2.26. The lowest BCUT2D eigenvalue weighted by atomic mass is 9.96. The summed E-state index contributed by atoms with van der Waals surface area (Å²) in [6, 6.07) is 1.23. The van der Waals surface area contributed by atoms with Gasteiger partial charge in [-0.25, -0.2) is 0 Å². The molecule has 0 amide bonds. The predicted octanol–water partition coefficient (Wildman–Crippen LogP) is 2.32. The molecule has 4 heteroatoms. The summed E-state index contributed by atoms with van der Waals surface area (Å²) < 4.78 is 4.96.